The molecule has 0 radical (unpaired) electrons. The molecule has 0 saturated heterocycles. The summed E-state index contributed by atoms with van der Waals surface area (Å²) in [7, 11) is -2.03. The van der Waals surface area contributed by atoms with Crippen molar-refractivity contribution in [1.29, 1.82) is 0 Å². The van der Waals surface area contributed by atoms with E-state index in [0.29, 0.717) is 0 Å². The van der Waals surface area contributed by atoms with E-state index in [4.69, 9.17) is 4.42 Å². The van der Waals surface area contributed by atoms with E-state index in [1.54, 1.807) is 0 Å². The Hall–Kier alpha value is -5.84. The number of para-hydroxylation sites is 4. The largest absolute Gasteiger partial charge is 0.456 e. The van der Waals surface area contributed by atoms with E-state index in [1.165, 1.54) is 59.8 Å². The van der Waals surface area contributed by atoms with Gasteiger partial charge in [-0.3, -0.25) is 0 Å². The van der Waals surface area contributed by atoms with Crippen LogP contribution in [0.4, 0.5) is 17.1 Å². The summed E-state index contributed by atoms with van der Waals surface area (Å²) in [5.41, 5.74) is 11.6. The molecule has 1 aliphatic heterocycles. The third-order valence-corrected chi connectivity index (χ3v) is 13.9. The van der Waals surface area contributed by atoms with Gasteiger partial charge in [0.15, 0.2) is 0 Å². The molecule has 0 saturated carbocycles. The van der Waals surface area contributed by atoms with Crippen LogP contribution in [0, 0.1) is 0 Å². The van der Waals surface area contributed by atoms with Gasteiger partial charge in [0.25, 0.3) is 0 Å². The van der Waals surface area contributed by atoms with Gasteiger partial charge in [-0.05, 0) is 88.2 Å². The van der Waals surface area contributed by atoms with Crippen LogP contribution in [0.1, 0.15) is 0 Å². The topological polar surface area (TPSA) is 21.3 Å². The molecule has 0 N–H and O–H groups in total. The summed E-state index contributed by atoms with van der Waals surface area (Å²) in [6.45, 7) is 4.99. The Morgan fingerprint density at radius 3 is 2.00 bits per heavy atom. The van der Waals surface area contributed by atoms with Crippen molar-refractivity contribution in [3.63, 3.8) is 0 Å². The Bertz CT molecular complexity index is 2700. The SMILES string of the molecule is C[Si]1(C)c2cc(N(c3ccccc3)c3ccc4c5ccccc5n(-c5ccccc5)c4c3)ccc2-c2c1ccc1oc3ccccc3c21. The minimum absolute atomic E-state index is 0.948. The Labute approximate surface area is 279 Å². The summed E-state index contributed by atoms with van der Waals surface area (Å²) in [5.74, 6) is 0. The average Bonchev–Trinajstić information content (AvgIpc) is 3.74. The highest BCUT2D eigenvalue weighted by Crippen LogP contribution is 2.43. The minimum atomic E-state index is -2.03. The number of aromatic nitrogens is 1. The molecule has 7 aromatic carbocycles. The maximum Gasteiger partial charge on any atom is 0.136 e. The lowest BCUT2D eigenvalue weighted by Gasteiger charge is -2.27. The predicted molar refractivity (Wildman–Crippen MR) is 205 cm³/mol. The fourth-order valence-electron chi connectivity index (χ4n) is 8.15. The van der Waals surface area contributed by atoms with E-state index in [-0.39, 0.29) is 0 Å². The summed E-state index contributed by atoms with van der Waals surface area (Å²) in [4.78, 5) is 2.42. The number of hydrogen-bond donors (Lipinski definition) is 0. The van der Waals surface area contributed by atoms with Crippen molar-refractivity contribution in [2.24, 2.45) is 0 Å². The monoisotopic (exact) mass is 632 g/mol. The molecule has 4 heteroatoms. The quantitative estimate of drug-likeness (QED) is 0.180. The van der Waals surface area contributed by atoms with Crippen LogP contribution in [-0.2, 0) is 0 Å². The fraction of sp³-hybridized carbons (Fsp3) is 0.0455. The van der Waals surface area contributed by atoms with Crippen molar-refractivity contribution in [1.82, 2.24) is 4.57 Å². The Kier molecular flexibility index (Phi) is 5.73. The van der Waals surface area contributed by atoms with Gasteiger partial charge in [0.05, 0.1) is 11.0 Å². The van der Waals surface area contributed by atoms with Crippen LogP contribution in [0.5, 0.6) is 0 Å². The van der Waals surface area contributed by atoms with Crippen molar-refractivity contribution in [3.8, 4) is 16.8 Å². The molecule has 0 spiro atoms. The highest BCUT2D eigenvalue weighted by atomic mass is 28.3. The smallest absolute Gasteiger partial charge is 0.136 e. The van der Waals surface area contributed by atoms with Crippen LogP contribution in [0.3, 0.4) is 0 Å². The normalized spacial score (nSPS) is 13.4. The molecule has 1 aliphatic rings. The summed E-state index contributed by atoms with van der Waals surface area (Å²) in [6, 6.07) is 57.2. The summed E-state index contributed by atoms with van der Waals surface area (Å²) < 4.78 is 8.74. The highest BCUT2D eigenvalue weighted by molar-refractivity contribution is 7.04. The van der Waals surface area contributed by atoms with Gasteiger partial charge in [0.2, 0.25) is 0 Å². The third-order valence-electron chi connectivity index (χ3n) is 10.4. The first-order valence-electron chi connectivity index (χ1n) is 16.6. The Morgan fingerprint density at radius 2 is 1.17 bits per heavy atom. The second-order valence-corrected chi connectivity index (χ2v) is 17.7. The molecule has 0 amide bonds. The van der Waals surface area contributed by atoms with Gasteiger partial charge >= 0.3 is 0 Å². The summed E-state index contributed by atoms with van der Waals surface area (Å²) in [5, 5.41) is 7.89. The number of furan rings is 1. The number of benzene rings is 7. The number of fused-ring (bicyclic) bond motifs is 10. The van der Waals surface area contributed by atoms with Crippen molar-refractivity contribution < 1.29 is 4.42 Å². The number of hydrogen-bond acceptors (Lipinski definition) is 2. The molecule has 3 heterocycles. The van der Waals surface area contributed by atoms with E-state index in [9.17, 15) is 0 Å². The molecule has 0 aliphatic carbocycles. The number of nitrogens with zero attached hydrogens (tertiary/aromatic N) is 2. The average molecular weight is 633 g/mol. The van der Waals surface area contributed by atoms with Crippen LogP contribution in [0.15, 0.2) is 162 Å². The van der Waals surface area contributed by atoms with E-state index in [0.717, 1.165) is 28.2 Å². The lowest BCUT2D eigenvalue weighted by Crippen LogP contribution is -2.49. The van der Waals surface area contributed by atoms with E-state index < -0.39 is 8.07 Å². The van der Waals surface area contributed by atoms with Gasteiger partial charge in [-0.1, -0.05) is 104 Å². The first kappa shape index (κ1) is 27.3. The van der Waals surface area contributed by atoms with Gasteiger partial charge in [-0.15, -0.1) is 0 Å². The van der Waals surface area contributed by atoms with E-state index >= 15 is 0 Å². The Morgan fingerprint density at radius 1 is 0.500 bits per heavy atom. The van der Waals surface area contributed by atoms with Crippen LogP contribution in [0.25, 0.3) is 60.6 Å². The maximum absolute atomic E-state index is 6.34. The summed E-state index contributed by atoms with van der Waals surface area (Å²) in [6.07, 6.45) is 0. The van der Waals surface area contributed by atoms with E-state index in [2.05, 4.69) is 180 Å². The van der Waals surface area contributed by atoms with Gasteiger partial charge < -0.3 is 13.9 Å². The first-order valence-corrected chi connectivity index (χ1v) is 19.6. The lowest BCUT2D eigenvalue weighted by atomic mass is 9.99. The van der Waals surface area contributed by atoms with Gasteiger partial charge in [-0.2, -0.15) is 0 Å². The zero-order chi connectivity index (χ0) is 32.0. The molecule has 3 nitrogen and oxygen atoms in total. The molecule has 0 atom stereocenters. The molecule has 2 aromatic heterocycles. The zero-order valence-electron chi connectivity index (χ0n) is 26.8. The standard InChI is InChI=1S/C44H32N2OSi/c1-48(2)41-26-25-40-43(35-18-10-12-20-39(35)47-40)44(41)36-24-22-32(28-42(36)48)45(29-13-5-3-6-14-29)31-21-23-34-33-17-9-11-19-37(33)46(38(34)27-31)30-15-7-4-8-16-30/h3-28H,1-2H3. The molecule has 10 rings (SSSR count). The predicted octanol–water partition coefficient (Wildman–Crippen LogP) is 11.0. The second kappa shape index (κ2) is 10.1. The second-order valence-electron chi connectivity index (χ2n) is 13.4. The molecule has 48 heavy (non-hydrogen) atoms. The fourth-order valence-corrected chi connectivity index (χ4v) is 11.2. The molecule has 0 unspecified atom stereocenters. The number of anilines is 3. The van der Waals surface area contributed by atoms with Crippen molar-refractivity contribution in [2.45, 2.75) is 13.1 Å². The van der Waals surface area contributed by atoms with Crippen molar-refractivity contribution in [3.05, 3.63) is 158 Å². The molecule has 9 aromatic rings. The van der Waals surface area contributed by atoms with Crippen LogP contribution >= 0.6 is 0 Å². The van der Waals surface area contributed by atoms with Crippen LogP contribution < -0.4 is 15.3 Å². The van der Waals surface area contributed by atoms with Crippen LogP contribution in [-0.4, -0.2) is 12.6 Å². The first-order chi connectivity index (χ1) is 23.6. The zero-order valence-corrected chi connectivity index (χ0v) is 27.8. The minimum Gasteiger partial charge on any atom is -0.456 e. The van der Waals surface area contributed by atoms with Crippen LogP contribution in [0.2, 0.25) is 13.1 Å². The Balaban J connectivity index is 1.20. The lowest BCUT2D eigenvalue weighted by molar-refractivity contribution is 0.669. The van der Waals surface area contributed by atoms with Gasteiger partial charge in [-0.25, -0.2) is 0 Å². The van der Waals surface area contributed by atoms with Crippen molar-refractivity contribution in [2.75, 3.05) is 4.90 Å². The van der Waals surface area contributed by atoms with Crippen molar-refractivity contribution >= 4 is 79.3 Å². The highest BCUT2D eigenvalue weighted by Gasteiger charge is 2.39. The molecular weight excluding hydrogens is 601 g/mol. The van der Waals surface area contributed by atoms with E-state index in [1.807, 2.05) is 0 Å². The molecule has 0 fully saturated rings. The molecule has 0 bridgehead atoms. The maximum atomic E-state index is 6.34. The van der Waals surface area contributed by atoms with Gasteiger partial charge in [0, 0.05) is 44.3 Å². The summed E-state index contributed by atoms with van der Waals surface area (Å²) >= 11 is 0. The molecular formula is C44H32N2OSi. The third kappa shape index (κ3) is 3.81. The van der Waals surface area contributed by atoms with Gasteiger partial charge in [0.1, 0.15) is 19.2 Å². The number of rotatable bonds is 4. The molecule has 228 valence electrons.